The van der Waals surface area contributed by atoms with Gasteiger partial charge in [-0.05, 0) is 49.4 Å². The van der Waals surface area contributed by atoms with Crippen LogP contribution in [0.2, 0.25) is 5.02 Å². The van der Waals surface area contributed by atoms with Gasteiger partial charge in [0.15, 0.2) is 0 Å². The molecule has 1 amide bonds. The summed E-state index contributed by atoms with van der Waals surface area (Å²) in [6.45, 7) is 2.04. The van der Waals surface area contributed by atoms with Crippen molar-refractivity contribution in [2.45, 2.75) is 13.0 Å². The van der Waals surface area contributed by atoms with Gasteiger partial charge in [-0.2, -0.15) is 5.10 Å². The molecule has 33 heavy (non-hydrogen) atoms. The van der Waals surface area contributed by atoms with Crippen molar-refractivity contribution in [1.29, 1.82) is 0 Å². The van der Waals surface area contributed by atoms with Crippen molar-refractivity contribution in [2.24, 2.45) is 0 Å². The molecule has 0 fully saturated rings. The number of carbonyl (C=O) groups is 1. The number of nitrogens with one attached hydrogen (secondary N) is 1. The molecule has 0 aliphatic carbocycles. The molecule has 1 aliphatic heterocycles. The highest BCUT2D eigenvalue weighted by molar-refractivity contribution is 6.30. The van der Waals surface area contributed by atoms with Gasteiger partial charge in [0.2, 0.25) is 0 Å². The zero-order valence-corrected chi connectivity index (χ0v) is 19.2. The quantitative estimate of drug-likeness (QED) is 0.409. The highest BCUT2D eigenvalue weighted by atomic mass is 35.5. The minimum absolute atomic E-state index is 0.173. The van der Waals surface area contributed by atoms with Gasteiger partial charge in [0.25, 0.3) is 5.91 Å². The van der Waals surface area contributed by atoms with Crippen molar-refractivity contribution in [3.8, 4) is 22.8 Å². The van der Waals surface area contributed by atoms with Gasteiger partial charge in [0.05, 0.1) is 26.0 Å². The van der Waals surface area contributed by atoms with Crippen molar-refractivity contribution < 1.29 is 14.3 Å². The molecule has 3 aromatic carbocycles. The van der Waals surface area contributed by atoms with Gasteiger partial charge in [0.1, 0.15) is 17.2 Å². The van der Waals surface area contributed by atoms with Gasteiger partial charge in [-0.1, -0.05) is 41.4 Å². The summed E-state index contributed by atoms with van der Waals surface area (Å²) in [6.07, 6.45) is 0. The number of aryl methyl sites for hydroxylation is 1. The zero-order chi connectivity index (χ0) is 23.1. The van der Waals surface area contributed by atoms with Gasteiger partial charge in [-0.3, -0.25) is 14.8 Å². The first-order chi connectivity index (χ1) is 16.0. The average Bonchev–Trinajstić information content (AvgIpc) is 3.39. The number of nitrogens with zero attached hydrogens (tertiary/aromatic N) is 2. The second kappa shape index (κ2) is 8.30. The second-order valence-electron chi connectivity index (χ2n) is 7.89. The largest absolute Gasteiger partial charge is 0.497 e. The number of anilines is 1. The fourth-order valence-electron chi connectivity index (χ4n) is 4.29. The van der Waals surface area contributed by atoms with Gasteiger partial charge in [-0.25, -0.2) is 0 Å². The number of ether oxygens (including phenoxy) is 2. The molecule has 6 nitrogen and oxygen atoms in total. The summed E-state index contributed by atoms with van der Waals surface area (Å²) in [5.41, 5.74) is 5.57. The van der Waals surface area contributed by atoms with E-state index in [0.29, 0.717) is 22.2 Å². The molecule has 166 valence electrons. The zero-order valence-electron chi connectivity index (χ0n) is 18.4. The van der Waals surface area contributed by atoms with Crippen LogP contribution in [0.5, 0.6) is 11.5 Å². The van der Waals surface area contributed by atoms with Crippen LogP contribution in [-0.2, 0) is 0 Å². The molecular formula is C26H22ClN3O3. The molecule has 1 aromatic heterocycles. The summed E-state index contributed by atoms with van der Waals surface area (Å²) >= 11 is 6.13. The Kier molecular flexibility index (Phi) is 5.30. The van der Waals surface area contributed by atoms with Crippen LogP contribution in [0.4, 0.5) is 5.69 Å². The van der Waals surface area contributed by atoms with Crippen molar-refractivity contribution in [3.63, 3.8) is 0 Å². The number of amides is 1. The minimum atomic E-state index is -0.478. The Morgan fingerprint density at radius 1 is 0.970 bits per heavy atom. The highest BCUT2D eigenvalue weighted by Crippen LogP contribution is 2.48. The fraction of sp³-hybridized carbons (Fsp3) is 0.154. The number of halogens is 1. The number of methoxy groups -OCH3 is 2. The van der Waals surface area contributed by atoms with Crippen LogP contribution in [0, 0.1) is 6.92 Å². The lowest BCUT2D eigenvalue weighted by molar-refractivity contribution is 0.0988. The number of hydrogen-bond donors (Lipinski definition) is 1. The number of fused-ring (bicyclic) bond motifs is 1. The molecule has 1 N–H and O–H groups in total. The van der Waals surface area contributed by atoms with Crippen molar-refractivity contribution in [2.75, 3.05) is 19.1 Å². The van der Waals surface area contributed by atoms with Gasteiger partial charge in [-0.15, -0.1) is 0 Å². The molecule has 4 aromatic rings. The third-order valence-corrected chi connectivity index (χ3v) is 6.18. The first kappa shape index (κ1) is 21.1. The lowest BCUT2D eigenvalue weighted by Crippen LogP contribution is -2.29. The summed E-state index contributed by atoms with van der Waals surface area (Å²) in [5, 5.41) is 8.12. The topological polar surface area (TPSA) is 67.5 Å². The predicted octanol–water partition coefficient (Wildman–Crippen LogP) is 5.81. The lowest BCUT2D eigenvalue weighted by atomic mass is 9.94. The normalized spacial score (nSPS) is 15.0. The van der Waals surface area contributed by atoms with E-state index in [0.717, 1.165) is 33.6 Å². The van der Waals surface area contributed by atoms with E-state index in [1.54, 1.807) is 31.3 Å². The monoisotopic (exact) mass is 459 g/mol. The van der Waals surface area contributed by atoms with E-state index in [9.17, 15) is 4.79 Å². The maximum absolute atomic E-state index is 13.7. The van der Waals surface area contributed by atoms with Crippen LogP contribution in [0.3, 0.4) is 0 Å². The first-order valence-electron chi connectivity index (χ1n) is 10.5. The molecule has 0 saturated carbocycles. The molecule has 0 spiro atoms. The average molecular weight is 460 g/mol. The Hall–Kier alpha value is -3.77. The van der Waals surface area contributed by atoms with E-state index in [-0.39, 0.29) is 5.91 Å². The molecule has 0 unspecified atom stereocenters. The number of H-pyrrole nitrogens is 1. The summed E-state index contributed by atoms with van der Waals surface area (Å²) in [4.78, 5) is 15.4. The van der Waals surface area contributed by atoms with Crippen molar-refractivity contribution in [1.82, 2.24) is 10.2 Å². The Balaban J connectivity index is 1.76. The Bertz CT molecular complexity index is 1330. The third kappa shape index (κ3) is 3.52. The van der Waals surface area contributed by atoms with Gasteiger partial charge >= 0.3 is 0 Å². The Labute approximate surface area is 196 Å². The Morgan fingerprint density at radius 2 is 1.70 bits per heavy atom. The number of benzene rings is 3. The number of rotatable bonds is 5. The third-order valence-electron chi connectivity index (χ3n) is 5.93. The Morgan fingerprint density at radius 3 is 2.36 bits per heavy atom. The summed E-state index contributed by atoms with van der Waals surface area (Å²) in [6, 6.07) is 20.4. The molecule has 1 aliphatic rings. The minimum Gasteiger partial charge on any atom is -0.497 e. The molecule has 0 bridgehead atoms. The van der Waals surface area contributed by atoms with Crippen LogP contribution in [-0.4, -0.2) is 30.3 Å². The summed E-state index contributed by atoms with van der Waals surface area (Å²) < 4.78 is 11.2. The maximum atomic E-state index is 13.7. The predicted molar refractivity (Wildman–Crippen MR) is 128 cm³/mol. The maximum Gasteiger partial charge on any atom is 0.277 e. The van der Waals surface area contributed by atoms with Crippen LogP contribution in [0.1, 0.15) is 33.2 Å². The van der Waals surface area contributed by atoms with Crippen LogP contribution < -0.4 is 14.4 Å². The number of hydrogen-bond acceptors (Lipinski definition) is 4. The van der Waals surface area contributed by atoms with Crippen LogP contribution in [0.15, 0.2) is 66.7 Å². The smallest absolute Gasteiger partial charge is 0.277 e. The number of aromatic nitrogens is 2. The van der Waals surface area contributed by atoms with E-state index in [1.807, 2.05) is 61.5 Å². The molecule has 1 atom stereocenters. The molecule has 0 saturated heterocycles. The SMILES string of the molecule is COc1ccc(OC)c([C@H]2c3c(-c4ccc(C)cc4)n[nH]c3C(=O)N2c2ccc(Cl)cc2)c1. The van der Waals surface area contributed by atoms with Gasteiger partial charge < -0.3 is 9.47 Å². The number of carbonyl (C=O) groups excluding carboxylic acids is 1. The van der Waals surface area contributed by atoms with Crippen molar-refractivity contribution in [3.05, 3.63) is 94.1 Å². The van der Waals surface area contributed by atoms with E-state index >= 15 is 0 Å². The van der Waals surface area contributed by atoms with E-state index in [4.69, 9.17) is 21.1 Å². The fourth-order valence-corrected chi connectivity index (χ4v) is 4.42. The van der Waals surface area contributed by atoms with Gasteiger partial charge in [0, 0.05) is 27.4 Å². The van der Waals surface area contributed by atoms with E-state index in [1.165, 1.54) is 0 Å². The highest BCUT2D eigenvalue weighted by Gasteiger charge is 2.44. The standard InChI is InChI=1S/C26H22ClN3O3/c1-15-4-6-16(7-5-15)23-22-24(29-28-23)26(31)30(18-10-8-17(27)9-11-18)25(22)20-14-19(32-2)12-13-21(20)33-3/h4-14,25H,1-3H3,(H,28,29)/t25-/m0/s1. The van der Waals surface area contributed by atoms with Crippen molar-refractivity contribution >= 4 is 23.2 Å². The number of aromatic amines is 1. The summed E-state index contributed by atoms with van der Waals surface area (Å²) in [5.74, 6) is 1.15. The van der Waals surface area contributed by atoms with E-state index in [2.05, 4.69) is 10.2 Å². The molecular weight excluding hydrogens is 438 g/mol. The molecule has 7 heteroatoms. The van der Waals surface area contributed by atoms with E-state index < -0.39 is 6.04 Å². The summed E-state index contributed by atoms with van der Waals surface area (Å²) in [7, 11) is 3.23. The van der Waals surface area contributed by atoms with Crippen LogP contribution in [0.25, 0.3) is 11.3 Å². The first-order valence-corrected chi connectivity index (χ1v) is 10.9. The second-order valence-corrected chi connectivity index (χ2v) is 8.33. The lowest BCUT2D eigenvalue weighted by Gasteiger charge is -2.28. The van der Waals surface area contributed by atoms with Crippen LogP contribution >= 0.6 is 11.6 Å². The molecule has 5 rings (SSSR count). The molecule has 2 heterocycles. The molecule has 0 radical (unpaired) electrons.